The molecule has 0 aliphatic carbocycles. The summed E-state index contributed by atoms with van der Waals surface area (Å²) in [5, 5.41) is 16.3. The molecule has 37 heavy (non-hydrogen) atoms. The second kappa shape index (κ2) is 10.4. The normalized spacial score (nSPS) is 15.1. The summed E-state index contributed by atoms with van der Waals surface area (Å²) < 4.78 is 0. The van der Waals surface area contributed by atoms with Crippen LogP contribution in [-0.4, -0.2) is 37.7 Å². The zero-order valence-corrected chi connectivity index (χ0v) is 20.5. The van der Waals surface area contributed by atoms with Gasteiger partial charge in [-0.2, -0.15) is 5.10 Å². The van der Waals surface area contributed by atoms with E-state index in [1.807, 2.05) is 42.5 Å². The number of carboxylic acid groups (broad SMARTS) is 1. The van der Waals surface area contributed by atoms with Gasteiger partial charge in [0, 0.05) is 41.2 Å². The monoisotopic (exact) mass is 514 g/mol. The maximum absolute atomic E-state index is 13.5. The lowest BCUT2D eigenvalue weighted by molar-refractivity contribution is -0.141. The molecule has 8 nitrogen and oxygen atoms in total. The fraction of sp³-hybridized carbons (Fsp3) is 0.179. The fourth-order valence-corrected chi connectivity index (χ4v) is 4.84. The van der Waals surface area contributed by atoms with Crippen LogP contribution in [0.15, 0.2) is 83.0 Å². The Labute approximate surface area is 217 Å². The van der Waals surface area contributed by atoms with Crippen molar-refractivity contribution >= 4 is 40.1 Å². The van der Waals surface area contributed by atoms with E-state index in [1.165, 1.54) is 5.01 Å². The van der Waals surface area contributed by atoms with Gasteiger partial charge < -0.3 is 10.1 Å². The summed E-state index contributed by atoms with van der Waals surface area (Å²) in [4.78, 5) is 44.8. The van der Waals surface area contributed by atoms with E-state index in [2.05, 4.69) is 15.1 Å². The number of rotatable bonds is 7. The Bertz CT molecular complexity index is 1570. The summed E-state index contributed by atoms with van der Waals surface area (Å²) >= 11 is 6.34. The number of hydrogen-bond acceptors (Lipinski definition) is 5. The van der Waals surface area contributed by atoms with Crippen molar-refractivity contribution in [1.82, 2.24) is 15.0 Å². The number of hydrogen-bond donors (Lipinski definition) is 2. The first-order chi connectivity index (χ1) is 17.9. The third kappa shape index (κ3) is 5.15. The van der Waals surface area contributed by atoms with Gasteiger partial charge in [-0.15, -0.1) is 0 Å². The molecule has 3 heterocycles. The molecule has 0 saturated carbocycles. The Balaban J connectivity index is 1.65. The highest BCUT2D eigenvalue weighted by Gasteiger charge is 2.35. The zero-order valence-electron chi connectivity index (χ0n) is 19.7. The average Bonchev–Trinajstić information content (AvgIpc) is 3.34. The highest BCUT2D eigenvalue weighted by molar-refractivity contribution is 6.31. The summed E-state index contributed by atoms with van der Waals surface area (Å²) in [7, 11) is 0. The van der Waals surface area contributed by atoms with Crippen molar-refractivity contribution < 1.29 is 14.7 Å². The first-order valence-corrected chi connectivity index (χ1v) is 12.2. The molecular weight excluding hydrogens is 492 g/mol. The van der Waals surface area contributed by atoms with Crippen LogP contribution in [0.3, 0.4) is 0 Å². The van der Waals surface area contributed by atoms with Crippen molar-refractivity contribution in [2.75, 3.05) is 0 Å². The largest absolute Gasteiger partial charge is 0.481 e. The number of benzene rings is 2. The summed E-state index contributed by atoms with van der Waals surface area (Å²) in [5.74, 6) is -1.50. The van der Waals surface area contributed by atoms with Crippen LogP contribution in [0.2, 0.25) is 5.02 Å². The van der Waals surface area contributed by atoms with Crippen LogP contribution in [0.1, 0.15) is 47.6 Å². The maximum atomic E-state index is 13.5. The molecule has 1 aliphatic heterocycles. The number of aromatic nitrogens is 2. The highest BCUT2D eigenvalue weighted by atomic mass is 35.5. The number of pyridine rings is 2. The first-order valence-electron chi connectivity index (χ1n) is 11.8. The van der Waals surface area contributed by atoms with Crippen LogP contribution in [0, 0.1) is 0 Å². The highest BCUT2D eigenvalue weighted by Crippen LogP contribution is 2.35. The summed E-state index contributed by atoms with van der Waals surface area (Å²) in [6, 6.07) is 18.2. The molecule has 2 aromatic heterocycles. The number of halogens is 1. The first kappa shape index (κ1) is 24.4. The van der Waals surface area contributed by atoms with E-state index in [-0.39, 0.29) is 24.8 Å². The lowest BCUT2D eigenvalue weighted by Gasteiger charge is -2.21. The van der Waals surface area contributed by atoms with Gasteiger partial charge in [-0.25, -0.2) is 5.01 Å². The Morgan fingerprint density at radius 3 is 2.62 bits per heavy atom. The molecule has 1 aliphatic rings. The lowest BCUT2D eigenvalue weighted by atomic mass is 9.91. The van der Waals surface area contributed by atoms with E-state index in [0.29, 0.717) is 28.2 Å². The van der Waals surface area contributed by atoms with Crippen molar-refractivity contribution in [2.24, 2.45) is 5.10 Å². The van der Waals surface area contributed by atoms with Gasteiger partial charge >= 0.3 is 5.97 Å². The Morgan fingerprint density at radius 1 is 1.08 bits per heavy atom. The quantitative estimate of drug-likeness (QED) is 0.370. The molecule has 1 atom stereocenters. The van der Waals surface area contributed by atoms with Crippen molar-refractivity contribution in [3.8, 4) is 0 Å². The van der Waals surface area contributed by atoms with Crippen LogP contribution in [0.4, 0.5) is 0 Å². The van der Waals surface area contributed by atoms with E-state index < -0.39 is 17.9 Å². The van der Waals surface area contributed by atoms with Crippen LogP contribution in [-0.2, 0) is 16.0 Å². The number of fused-ring (bicyclic) bond motifs is 1. The topological polar surface area (TPSA) is 116 Å². The molecule has 0 saturated heterocycles. The summed E-state index contributed by atoms with van der Waals surface area (Å²) in [6.45, 7) is 0. The number of amides is 1. The van der Waals surface area contributed by atoms with E-state index in [1.54, 1.807) is 30.6 Å². The van der Waals surface area contributed by atoms with Crippen molar-refractivity contribution in [3.05, 3.63) is 111 Å². The molecule has 4 aromatic rings. The number of carbonyl (C=O) groups is 2. The third-order valence-electron chi connectivity index (χ3n) is 6.38. The molecule has 1 unspecified atom stereocenters. The second-order valence-electron chi connectivity index (χ2n) is 8.84. The number of aliphatic carboxylic acids is 1. The zero-order chi connectivity index (χ0) is 25.9. The molecule has 1 amide bonds. The number of nitrogens with zero attached hydrogens (tertiary/aromatic N) is 3. The molecule has 0 bridgehead atoms. The van der Waals surface area contributed by atoms with E-state index in [9.17, 15) is 14.4 Å². The SMILES string of the molecule is O=C(O)CCC(=O)N1N=C(c2c(Cc3ccccc3)c3cc(Cl)ccc3[nH]c2=O)CC1c1cccnc1. The molecule has 9 heteroatoms. The third-order valence-corrected chi connectivity index (χ3v) is 6.62. The molecule has 2 N–H and O–H groups in total. The molecule has 5 rings (SSSR count). The Kier molecular flexibility index (Phi) is 6.83. The van der Waals surface area contributed by atoms with Crippen molar-refractivity contribution in [2.45, 2.75) is 31.7 Å². The molecule has 0 radical (unpaired) electrons. The van der Waals surface area contributed by atoms with Gasteiger partial charge in [0.15, 0.2) is 0 Å². The van der Waals surface area contributed by atoms with E-state index in [0.717, 1.165) is 22.1 Å². The van der Waals surface area contributed by atoms with Gasteiger partial charge in [0.2, 0.25) is 5.91 Å². The smallest absolute Gasteiger partial charge is 0.303 e. The number of hydrazone groups is 1. The number of aromatic amines is 1. The minimum atomic E-state index is -1.07. The van der Waals surface area contributed by atoms with E-state index >= 15 is 0 Å². The fourth-order valence-electron chi connectivity index (χ4n) is 4.67. The molecule has 0 fully saturated rings. The van der Waals surface area contributed by atoms with E-state index in [4.69, 9.17) is 16.7 Å². The van der Waals surface area contributed by atoms with Crippen molar-refractivity contribution in [1.29, 1.82) is 0 Å². The molecule has 0 spiro atoms. The molecule has 186 valence electrons. The molecular formula is C28H23ClN4O4. The number of carbonyl (C=O) groups excluding carboxylic acids is 1. The summed E-state index contributed by atoms with van der Waals surface area (Å²) in [5.41, 5.74) is 3.69. The summed E-state index contributed by atoms with van der Waals surface area (Å²) in [6.07, 6.45) is 3.50. The van der Waals surface area contributed by atoms with Crippen LogP contribution in [0.5, 0.6) is 0 Å². The second-order valence-corrected chi connectivity index (χ2v) is 9.28. The van der Waals surface area contributed by atoms with Crippen LogP contribution >= 0.6 is 11.6 Å². The lowest BCUT2D eigenvalue weighted by Crippen LogP contribution is -2.27. The number of carboxylic acids is 1. The predicted molar refractivity (Wildman–Crippen MR) is 141 cm³/mol. The van der Waals surface area contributed by atoms with Gasteiger partial charge in [-0.1, -0.05) is 48.0 Å². The number of nitrogens with one attached hydrogen (secondary N) is 1. The van der Waals surface area contributed by atoms with Gasteiger partial charge in [0.05, 0.1) is 23.7 Å². The Morgan fingerprint density at radius 2 is 1.89 bits per heavy atom. The average molecular weight is 515 g/mol. The van der Waals surface area contributed by atoms with Gasteiger partial charge in [-0.3, -0.25) is 19.4 Å². The maximum Gasteiger partial charge on any atom is 0.303 e. The standard InChI is InChI=1S/C28H23ClN4O4/c29-19-8-9-22-20(14-19)21(13-17-5-2-1-3-6-17)27(28(37)31-22)23-15-24(18-7-4-12-30-16-18)33(32-23)25(34)10-11-26(35)36/h1-9,12,14,16,24H,10-11,13,15H2,(H,31,37)(H,35,36). The van der Waals surface area contributed by atoms with Crippen LogP contribution < -0.4 is 5.56 Å². The van der Waals surface area contributed by atoms with Gasteiger partial charge in [0.1, 0.15) is 0 Å². The number of H-pyrrole nitrogens is 1. The minimum absolute atomic E-state index is 0.205. The van der Waals surface area contributed by atoms with Crippen molar-refractivity contribution in [3.63, 3.8) is 0 Å². The minimum Gasteiger partial charge on any atom is -0.481 e. The van der Waals surface area contributed by atoms with Gasteiger partial charge in [-0.05, 0) is 47.4 Å². The predicted octanol–water partition coefficient (Wildman–Crippen LogP) is 4.71. The van der Waals surface area contributed by atoms with Crippen LogP contribution in [0.25, 0.3) is 10.9 Å². The Hall–Kier alpha value is -4.30. The van der Waals surface area contributed by atoms with Gasteiger partial charge in [0.25, 0.3) is 5.56 Å². The molecule has 2 aromatic carbocycles.